The average molecular weight is 492 g/mol. The molecular weight excluding hydrogens is 466 g/mol. The molecule has 0 aliphatic carbocycles. The predicted molar refractivity (Wildman–Crippen MR) is 142 cm³/mol. The number of carbonyl (C=O) groups is 2. The van der Waals surface area contributed by atoms with Crippen molar-refractivity contribution in [2.75, 3.05) is 12.0 Å². The number of nitrogens with zero attached hydrogens (tertiary/aromatic N) is 1. The van der Waals surface area contributed by atoms with Gasteiger partial charge >= 0.3 is 0 Å². The SMILES string of the molecule is COc1cccc(/C(O)=C2/C(=O)C(=O)N(c3ccccc3C)C2c2cccc(Oc3ccccc3)c2)c1. The molecular formula is C31H25NO5. The van der Waals surface area contributed by atoms with E-state index in [4.69, 9.17) is 9.47 Å². The largest absolute Gasteiger partial charge is 0.507 e. The summed E-state index contributed by atoms with van der Waals surface area (Å²) < 4.78 is 11.3. The van der Waals surface area contributed by atoms with Gasteiger partial charge in [-0.3, -0.25) is 14.5 Å². The molecule has 1 N–H and O–H groups in total. The summed E-state index contributed by atoms with van der Waals surface area (Å²) in [6.07, 6.45) is 0. The molecule has 1 atom stereocenters. The number of aliphatic hydroxyl groups excluding tert-OH is 1. The normalized spacial score (nSPS) is 16.6. The maximum atomic E-state index is 13.5. The molecule has 0 bridgehead atoms. The third-order valence-electron chi connectivity index (χ3n) is 6.32. The molecule has 6 heteroatoms. The monoisotopic (exact) mass is 491 g/mol. The summed E-state index contributed by atoms with van der Waals surface area (Å²) >= 11 is 0. The van der Waals surface area contributed by atoms with E-state index in [1.807, 2.05) is 61.5 Å². The molecule has 37 heavy (non-hydrogen) atoms. The molecule has 4 aromatic rings. The smallest absolute Gasteiger partial charge is 0.300 e. The van der Waals surface area contributed by atoms with Gasteiger partial charge in [-0.15, -0.1) is 0 Å². The van der Waals surface area contributed by atoms with Crippen LogP contribution in [0.5, 0.6) is 17.2 Å². The van der Waals surface area contributed by atoms with Gasteiger partial charge in [0.1, 0.15) is 23.0 Å². The van der Waals surface area contributed by atoms with Crippen LogP contribution in [0.15, 0.2) is 109 Å². The Hall–Kier alpha value is -4.84. The van der Waals surface area contributed by atoms with Crippen LogP contribution >= 0.6 is 0 Å². The molecule has 0 spiro atoms. The average Bonchev–Trinajstić information content (AvgIpc) is 3.19. The van der Waals surface area contributed by atoms with Crippen LogP contribution in [-0.4, -0.2) is 23.9 Å². The van der Waals surface area contributed by atoms with E-state index in [9.17, 15) is 14.7 Å². The highest BCUT2D eigenvalue weighted by molar-refractivity contribution is 6.51. The lowest BCUT2D eigenvalue weighted by atomic mass is 9.94. The topological polar surface area (TPSA) is 76.1 Å². The number of aryl methyl sites for hydroxylation is 1. The molecule has 0 saturated carbocycles. The van der Waals surface area contributed by atoms with Crippen molar-refractivity contribution in [2.45, 2.75) is 13.0 Å². The number of hydrogen-bond donors (Lipinski definition) is 1. The number of para-hydroxylation sites is 2. The molecule has 1 unspecified atom stereocenters. The zero-order valence-corrected chi connectivity index (χ0v) is 20.4. The lowest BCUT2D eigenvalue weighted by molar-refractivity contribution is -0.132. The van der Waals surface area contributed by atoms with E-state index in [0.29, 0.717) is 34.1 Å². The summed E-state index contributed by atoms with van der Waals surface area (Å²) in [7, 11) is 1.52. The Labute approximate surface area is 215 Å². The summed E-state index contributed by atoms with van der Waals surface area (Å²) in [5, 5.41) is 11.4. The van der Waals surface area contributed by atoms with Crippen LogP contribution in [0, 0.1) is 6.92 Å². The fourth-order valence-electron chi connectivity index (χ4n) is 4.53. The van der Waals surface area contributed by atoms with Crippen molar-refractivity contribution in [1.82, 2.24) is 0 Å². The van der Waals surface area contributed by atoms with Gasteiger partial charge in [-0.1, -0.05) is 60.7 Å². The number of aliphatic hydroxyl groups is 1. The Bertz CT molecular complexity index is 1510. The minimum absolute atomic E-state index is 0.00151. The molecule has 184 valence electrons. The summed E-state index contributed by atoms with van der Waals surface area (Å²) in [6.45, 7) is 1.88. The summed E-state index contributed by atoms with van der Waals surface area (Å²) in [5.41, 5.74) is 2.42. The minimum Gasteiger partial charge on any atom is -0.507 e. The van der Waals surface area contributed by atoms with Crippen molar-refractivity contribution in [3.8, 4) is 17.2 Å². The van der Waals surface area contributed by atoms with Gasteiger partial charge < -0.3 is 14.6 Å². The summed E-state index contributed by atoms with van der Waals surface area (Å²) in [4.78, 5) is 28.4. The second-order valence-electron chi connectivity index (χ2n) is 8.68. The Morgan fingerprint density at radius 3 is 2.22 bits per heavy atom. The number of rotatable bonds is 6. The number of methoxy groups -OCH3 is 1. The van der Waals surface area contributed by atoms with Gasteiger partial charge in [0.25, 0.3) is 11.7 Å². The molecule has 1 aliphatic rings. The van der Waals surface area contributed by atoms with E-state index >= 15 is 0 Å². The zero-order chi connectivity index (χ0) is 25.9. The van der Waals surface area contributed by atoms with Crippen molar-refractivity contribution in [1.29, 1.82) is 0 Å². The quantitative estimate of drug-likeness (QED) is 0.191. The lowest BCUT2D eigenvalue weighted by Gasteiger charge is -2.27. The van der Waals surface area contributed by atoms with E-state index in [1.54, 1.807) is 48.5 Å². The van der Waals surface area contributed by atoms with Gasteiger partial charge in [0.15, 0.2) is 0 Å². The molecule has 0 radical (unpaired) electrons. The Kier molecular flexibility index (Phi) is 6.47. The second-order valence-corrected chi connectivity index (χ2v) is 8.68. The minimum atomic E-state index is -0.869. The van der Waals surface area contributed by atoms with Crippen molar-refractivity contribution < 1.29 is 24.2 Å². The van der Waals surface area contributed by atoms with E-state index in [2.05, 4.69) is 0 Å². The number of anilines is 1. The van der Waals surface area contributed by atoms with E-state index in [0.717, 1.165) is 5.56 Å². The Balaban J connectivity index is 1.69. The van der Waals surface area contributed by atoms with Gasteiger partial charge in [0, 0.05) is 11.3 Å². The van der Waals surface area contributed by atoms with Crippen LogP contribution in [0.3, 0.4) is 0 Å². The first-order valence-corrected chi connectivity index (χ1v) is 11.8. The molecule has 1 saturated heterocycles. The van der Waals surface area contributed by atoms with Crippen molar-refractivity contribution >= 4 is 23.1 Å². The van der Waals surface area contributed by atoms with Crippen molar-refractivity contribution in [2.24, 2.45) is 0 Å². The molecule has 5 rings (SSSR count). The van der Waals surface area contributed by atoms with Crippen LogP contribution in [0.2, 0.25) is 0 Å². The highest BCUT2D eigenvalue weighted by Crippen LogP contribution is 2.44. The maximum Gasteiger partial charge on any atom is 0.300 e. The molecule has 0 aromatic heterocycles. The fourth-order valence-corrected chi connectivity index (χ4v) is 4.53. The van der Waals surface area contributed by atoms with Crippen LogP contribution < -0.4 is 14.4 Å². The number of ketones is 1. The number of amides is 1. The zero-order valence-electron chi connectivity index (χ0n) is 20.4. The molecule has 1 heterocycles. The van der Waals surface area contributed by atoms with Crippen LogP contribution in [0.4, 0.5) is 5.69 Å². The van der Waals surface area contributed by atoms with Gasteiger partial charge in [0.2, 0.25) is 0 Å². The van der Waals surface area contributed by atoms with Gasteiger partial charge in [0.05, 0.1) is 18.7 Å². The Morgan fingerprint density at radius 1 is 0.784 bits per heavy atom. The van der Waals surface area contributed by atoms with Crippen LogP contribution in [0.1, 0.15) is 22.7 Å². The second kappa shape index (κ2) is 10.0. The summed E-state index contributed by atoms with van der Waals surface area (Å²) in [6, 6.07) is 29.8. The van der Waals surface area contributed by atoms with Gasteiger partial charge in [-0.25, -0.2) is 0 Å². The number of hydrogen-bond acceptors (Lipinski definition) is 5. The molecule has 4 aromatic carbocycles. The van der Waals surface area contributed by atoms with Gasteiger partial charge in [-0.2, -0.15) is 0 Å². The third kappa shape index (κ3) is 4.57. The van der Waals surface area contributed by atoms with E-state index < -0.39 is 17.7 Å². The predicted octanol–water partition coefficient (Wildman–Crippen LogP) is 6.42. The standard InChI is InChI=1S/C31H25NO5/c1-20-10-6-7-17-26(20)32-28(21-11-8-16-25(18-21)37-23-13-4-3-5-14-23)27(30(34)31(32)35)29(33)22-12-9-15-24(19-22)36-2/h3-19,28,33H,1-2H3/b29-27-. The third-order valence-corrected chi connectivity index (χ3v) is 6.32. The fraction of sp³-hybridized carbons (Fsp3) is 0.0968. The number of Topliss-reactive ketones (excluding diaryl/α,β-unsaturated/α-hetero) is 1. The summed E-state index contributed by atoms with van der Waals surface area (Å²) in [5.74, 6) is -0.0229. The molecule has 6 nitrogen and oxygen atoms in total. The maximum absolute atomic E-state index is 13.5. The molecule has 1 amide bonds. The van der Waals surface area contributed by atoms with Crippen molar-refractivity contribution in [3.05, 3.63) is 125 Å². The molecule has 1 fully saturated rings. The van der Waals surface area contributed by atoms with E-state index in [1.165, 1.54) is 12.0 Å². The first-order chi connectivity index (χ1) is 18.0. The van der Waals surface area contributed by atoms with Crippen LogP contribution in [0.25, 0.3) is 5.76 Å². The first-order valence-electron chi connectivity index (χ1n) is 11.8. The number of ether oxygens (including phenoxy) is 2. The lowest BCUT2D eigenvalue weighted by Crippen LogP contribution is -2.30. The Morgan fingerprint density at radius 2 is 1.46 bits per heavy atom. The van der Waals surface area contributed by atoms with E-state index in [-0.39, 0.29) is 11.3 Å². The van der Waals surface area contributed by atoms with Gasteiger partial charge in [-0.05, 0) is 60.5 Å². The number of carbonyl (C=O) groups excluding carboxylic acids is 2. The van der Waals surface area contributed by atoms with Crippen LogP contribution in [-0.2, 0) is 9.59 Å². The highest BCUT2D eigenvalue weighted by Gasteiger charge is 2.47. The highest BCUT2D eigenvalue weighted by atomic mass is 16.5. The van der Waals surface area contributed by atoms with Crippen molar-refractivity contribution in [3.63, 3.8) is 0 Å². The number of benzene rings is 4. The first kappa shape index (κ1) is 23.9. The molecule has 1 aliphatic heterocycles.